The van der Waals surface area contributed by atoms with E-state index in [1.165, 1.54) is 10.4 Å². The van der Waals surface area contributed by atoms with E-state index >= 15 is 0 Å². The molecule has 0 radical (unpaired) electrons. The summed E-state index contributed by atoms with van der Waals surface area (Å²) in [6.07, 6.45) is 1.20. The number of sulfonamides is 1. The van der Waals surface area contributed by atoms with Crippen LogP contribution in [0.15, 0.2) is 52.0 Å². The highest BCUT2D eigenvalue weighted by molar-refractivity contribution is 7.89. The lowest BCUT2D eigenvalue weighted by Crippen LogP contribution is -2.43. The summed E-state index contributed by atoms with van der Waals surface area (Å²) in [5, 5.41) is 10.8. The van der Waals surface area contributed by atoms with Crippen LogP contribution in [0.5, 0.6) is 0 Å². The van der Waals surface area contributed by atoms with E-state index in [2.05, 4.69) is 20.3 Å². The Labute approximate surface area is 166 Å². The Morgan fingerprint density at radius 1 is 1.18 bits per heavy atom. The van der Waals surface area contributed by atoms with Crippen molar-refractivity contribution in [3.63, 3.8) is 0 Å². The number of rotatable bonds is 4. The molecule has 8 nitrogen and oxygen atoms in total. The minimum absolute atomic E-state index is 0.0324. The predicted octanol–water partition coefficient (Wildman–Crippen LogP) is 2.92. The Morgan fingerprint density at radius 2 is 1.96 bits per heavy atom. The van der Waals surface area contributed by atoms with Crippen molar-refractivity contribution in [1.29, 1.82) is 0 Å². The van der Waals surface area contributed by atoms with Crippen molar-refractivity contribution < 1.29 is 17.8 Å². The van der Waals surface area contributed by atoms with Crippen LogP contribution >= 0.6 is 11.6 Å². The Kier molecular flexibility index (Phi) is 5.05. The number of aromatic nitrogens is 2. The topological polar surface area (TPSA) is 105 Å². The van der Waals surface area contributed by atoms with Crippen LogP contribution in [0.4, 0.5) is 5.69 Å². The standard InChI is InChI=1S/C18H17ClN4O4S/c19-13-6-8-14(9-7-13)20-18(24)12-3-2-10-23(11-12)28(25,26)16-5-1-4-15-17(16)22-27-21-15/h1,4-9,12H,2-3,10-11H2,(H,20,24). The molecule has 0 bridgehead atoms. The van der Waals surface area contributed by atoms with Crippen molar-refractivity contribution >= 4 is 44.3 Å². The van der Waals surface area contributed by atoms with Crippen LogP contribution in [0.3, 0.4) is 0 Å². The molecule has 0 aliphatic carbocycles. The van der Waals surface area contributed by atoms with Gasteiger partial charge in [0, 0.05) is 23.8 Å². The summed E-state index contributed by atoms with van der Waals surface area (Å²) >= 11 is 5.86. The van der Waals surface area contributed by atoms with Crippen molar-refractivity contribution in [2.45, 2.75) is 17.7 Å². The third-order valence-electron chi connectivity index (χ3n) is 4.73. The van der Waals surface area contributed by atoms with Gasteiger partial charge in [0.15, 0.2) is 5.52 Å². The number of carbonyl (C=O) groups excluding carboxylic acids is 1. The summed E-state index contributed by atoms with van der Waals surface area (Å²) in [5.74, 6) is -0.669. The summed E-state index contributed by atoms with van der Waals surface area (Å²) in [6.45, 7) is 0.443. The molecule has 1 aromatic heterocycles. The summed E-state index contributed by atoms with van der Waals surface area (Å²) in [5.41, 5.74) is 1.18. The molecule has 1 unspecified atom stereocenters. The largest absolute Gasteiger partial charge is 0.326 e. The fraction of sp³-hybridized carbons (Fsp3) is 0.278. The van der Waals surface area contributed by atoms with Crippen LogP contribution in [0.1, 0.15) is 12.8 Å². The molecular formula is C18H17ClN4O4S. The van der Waals surface area contributed by atoms with E-state index in [1.54, 1.807) is 36.4 Å². The number of carbonyl (C=O) groups is 1. The molecule has 4 rings (SSSR count). The summed E-state index contributed by atoms with van der Waals surface area (Å²) in [6, 6.07) is 11.5. The monoisotopic (exact) mass is 420 g/mol. The van der Waals surface area contributed by atoms with Gasteiger partial charge in [-0.05, 0) is 59.6 Å². The van der Waals surface area contributed by atoms with Crippen molar-refractivity contribution in [1.82, 2.24) is 14.6 Å². The van der Waals surface area contributed by atoms with E-state index in [0.29, 0.717) is 35.6 Å². The zero-order chi connectivity index (χ0) is 19.7. The maximum absolute atomic E-state index is 13.1. The third-order valence-corrected chi connectivity index (χ3v) is 6.88. The van der Waals surface area contributed by atoms with E-state index in [4.69, 9.17) is 11.6 Å². The molecule has 1 atom stereocenters. The van der Waals surface area contributed by atoms with Gasteiger partial charge in [-0.3, -0.25) is 4.79 Å². The lowest BCUT2D eigenvalue weighted by Gasteiger charge is -2.31. The zero-order valence-corrected chi connectivity index (χ0v) is 16.3. The first kappa shape index (κ1) is 18.9. The zero-order valence-electron chi connectivity index (χ0n) is 14.7. The van der Waals surface area contributed by atoms with Gasteiger partial charge in [-0.15, -0.1) is 0 Å². The van der Waals surface area contributed by atoms with E-state index < -0.39 is 15.9 Å². The fourth-order valence-corrected chi connectivity index (χ4v) is 5.07. The second-order valence-electron chi connectivity index (χ2n) is 6.59. The molecule has 1 N–H and O–H groups in total. The van der Waals surface area contributed by atoms with E-state index in [-0.39, 0.29) is 22.9 Å². The smallest absolute Gasteiger partial charge is 0.245 e. The first-order valence-corrected chi connectivity index (χ1v) is 10.5. The van der Waals surface area contributed by atoms with Gasteiger partial charge in [-0.25, -0.2) is 13.0 Å². The highest BCUT2D eigenvalue weighted by Gasteiger charge is 2.34. The Balaban J connectivity index is 1.53. The molecule has 146 valence electrons. The molecule has 0 saturated carbocycles. The predicted molar refractivity (Wildman–Crippen MR) is 103 cm³/mol. The number of hydrogen-bond donors (Lipinski definition) is 1. The number of piperidine rings is 1. The van der Waals surface area contributed by atoms with Gasteiger partial charge in [-0.1, -0.05) is 17.7 Å². The van der Waals surface area contributed by atoms with Crippen LogP contribution < -0.4 is 5.32 Å². The third kappa shape index (κ3) is 3.60. The van der Waals surface area contributed by atoms with E-state index in [9.17, 15) is 13.2 Å². The number of amides is 1. The molecule has 1 aliphatic heterocycles. The fourth-order valence-electron chi connectivity index (χ4n) is 3.28. The minimum Gasteiger partial charge on any atom is -0.326 e. The molecule has 1 fully saturated rings. The van der Waals surface area contributed by atoms with Gasteiger partial charge in [0.25, 0.3) is 0 Å². The van der Waals surface area contributed by atoms with Gasteiger partial charge in [0.1, 0.15) is 10.4 Å². The molecule has 1 amide bonds. The molecule has 2 aromatic carbocycles. The highest BCUT2D eigenvalue weighted by Crippen LogP contribution is 2.28. The molecule has 1 saturated heterocycles. The molecule has 1 aliphatic rings. The lowest BCUT2D eigenvalue weighted by atomic mass is 9.99. The molecular weight excluding hydrogens is 404 g/mol. The van der Waals surface area contributed by atoms with Gasteiger partial charge in [-0.2, -0.15) is 4.31 Å². The highest BCUT2D eigenvalue weighted by atomic mass is 35.5. The van der Waals surface area contributed by atoms with Gasteiger partial charge in [0.05, 0.1) is 5.92 Å². The van der Waals surface area contributed by atoms with Crippen molar-refractivity contribution in [3.8, 4) is 0 Å². The summed E-state index contributed by atoms with van der Waals surface area (Å²) in [4.78, 5) is 12.7. The second-order valence-corrected chi connectivity index (χ2v) is 8.93. The quantitative estimate of drug-likeness (QED) is 0.695. The van der Waals surface area contributed by atoms with Crippen molar-refractivity contribution in [2.24, 2.45) is 5.92 Å². The molecule has 3 aromatic rings. The maximum Gasteiger partial charge on any atom is 0.245 e. The number of anilines is 1. The summed E-state index contributed by atoms with van der Waals surface area (Å²) < 4.78 is 32.3. The van der Waals surface area contributed by atoms with Crippen LogP contribution in [-0.2, 0) is 14.8 Å². The molecule has 28 heavy (non-hydrogen) atoms. The maximum atomic E-state index is 13.1. The molecule has 2 heterocycles. The first-order valence-electron chi connectivity index (χ1n) is 8.73. The first-order chi connectivity index (χ1) is 13.4. The number of halogens is 1. The number of hydrogen-bond acceptors (Lipinski definition) is 6. The SMILES string of the molecule is O=C(Nc1ccc(Cl)cc1)C1CCCN(S(=O)(=O)c2cccc3nonc23)C1. The van der Waals surface area contributed by atoms with E-state index in [0.717, 1.165) is 0 Å². The number of benzene rings is 2. The minimum atomic E-state index is -3.83. The molecule has 10 heteroatoms. The average Bonchev–Trinajstić information content (AvgIpc) is 3.18. The lowest BCUT2D eigenvalue weighted by molar-refractivity contribution is -0.120. The number of nitrogens with zero attached hydrogens (tertiary/aromatic N) is 3. The molecule has 0 spiro atoms. The van der Waals surface area contributed by atoms with Gasteiger partial charge in [0.2, 0.25) is 15.9 Å². The van der Waals surface area contributed by atoms with Crippen LogP contribution in [0.2, 0.25) is 5.02 Å². The average molecular weight is 421 g/mol. The van der Waals surface area contributed by atoms with E-state index in [1.807, 2.05) is 0 Å². The van der Waals surface area contributed by atoms with Crippen LogP contribution in [0, 0.1) is 5.92 Å². The van der Waals surface area contributed by atoms with Crippen LogP contribution in [0.25, 0.3) is 11.0 Å². The Bertz CT molecular complexity index is 1110. The summed E-state index contributed by atoms with van der Waals surface area (Å²) in [7, 11) is -3.83. The number of fused-ring (bicyclic) bond motifs is 1. The van der Waals surface area contributed by atoms with Crippen molar-refractivity contribution in [2.75, 3.05) is 18.4 Å². The Hall–Kier alpha value is -2.49. The normalized spacial score (nSPS) is 18.2. The Morgan fingerprint density at radius 3 is 2.75 bits per heavy atom. The van der Waals surface area contributed by atoms with Gasteiger partial charge < -0.3 is 5.32 Å². The number of nitrogens with one attached hydrogen (secondary N) is 1. The van der Waals surface area contributed by atoms with Crippen LogP contribution in [-0.4, -0.2) is 42.0 Å². The van der Waals surface area contributed by atoms with Crippen molar-refractivity contribution in [3.05, 3.63) is 47.5 Å². The second kappa shape index (κ2) is 7.50. The van der Waals surface area contributed by atoms with Gasteiger partial charge >= 0.3 is 0 Å².